The van der Waals surface area contributed by atoms with Gasteiger partial charge in [0.25, 0.3) is 0 Å². The van der Waals surface area contributed by atoms with Crippen molar-refractivity contribution in [2.45, 2.75) is 45.2 Å². The molecule has 1 N–H and O–H groups in total. The van der Waals surface area contributed by atoms with Crippen molar-refractivity contribution in [2.24, 2.45) is 5.41 Å². The standard InChI is InChI=1S/C14H18FN/c1-14(2)8-13(14)16-12-6-3-9-7-10(15)4-5-11(9)12/h4-5,7,12-13,16H,3,6,8H2,1-2H3. The minimum absolute atomic E-state index is 0.105. The molecule has 1 aromatic rings. The SMILES string of the molecule is CC1(C)CC1NC1CCc2cc(F)ccc21. The van der Waals surface area contributed by atoms with Crippen LogP contribution < -0.4 is 5.32 Å². The lowest BCUT2D eigenvalue weighted by atomic mass is 10.1. The molecule has 2 aliphatic rings. The van der Waals surface area contributed by atoms with Crippen molar-refractivity contribution in [3.63, 3.8) is 0 Å². The quantitative estimate of drug-likeness (QED) is 0.805. The lowest BCUT2D eigenvalue weighted by Crippen LogP contribution is -2.24. The maximum Gasteiger partial charge on any atom is 0.123 e. The van der Waals surface area contributed by atoms with Crippen LogP contribution in [0.15, 0.2) is 18.2 Å². The van der Waals surface area contributed by atoms with E-state index in [1.165, 1.54) is 17.5 Å². The summed E-state index contributed by atoms with van der Waals surface area (Å²) in [5, 5.41) is 3.70. The molecule has 0 spiro atoms. The highest BCUT2D eigenvalue weighted by atomic mass is 19.1. The molecule has 2 unspecified atom stereocenters. The fourth-order valence-electron chi connectivity index (χ4n) is 2.75. The first kappa shape index (κ1) is 10.3. The van der Waals surface area contributed by atoms with Crippen molar-refractivity contribution in [1.82, 2.24) is 5.32 Å². The fraction of sp³-hybridized carbons (Fsp3) is 0.571. The van der Waals surface area contributed by atoms with Crippen LogP contribution in [0.4, 0.5) is 4.39 Å². The number of fused-ring (bicyclic) bond motifs is 1. The van der Waals surface area contributed by atoms with Crippen LogP contribution in [0.2, 0.25) is 0 Å². The Kier molecular flexibility index (Phi) is 2.12. The Morgan fingerprint density at radius 1 is 1.38 bits per heavy atom. The molecule has 0 amide bonds. The third-order valence-corrected chi connectivity index (χ3v) is 4.10. The van der Waals surface area contributed by atoms with Gasteiger partial charge in [0.15, 0.2) is 0 Å². The monoisotopic (exact) mass is 219 g/mol. The molecule has 0 aromatic heterocycles. The molecule has 0 bridgehead atoms. The topological polar surface area (TPSA) is 12.0 Å². The Labute approximate surface area is 96.1 Å². The number of nitrogens with one attached hydrogen (secondary N) is 1. The van der Waals surface area contributed by atoms with Crippen molar-refractivity contribution in [3.8, 4) is 0 Å². The Hall–Kier alpha value is -0.890. The summed E-state index contributed by atoms with van der Waals surface area (Å²) in [5.41, 5.74) is 2.96. The number of benzene rings is 1. The second kappa shape index (κ2) is 3.30. The van der Waals surface area contributed by atoms with Crippen LogP contribution in [-0.4, -0.2) is 6.04 Å². The van der Waals surface area contributed by atoms with Gasteiger partial charge in [-0.15, -0.1) is 0 Å². The molecule has 0 heterocycles. The maximum absolute atomic E-state index is 13.1. The van der Waals surface area contributed by atoms with E-state index in [1.807, 2.05) is 6.07 Å². The summed E-state index contributed by atoms with van der Waals surface area (Å²) >= 11 is 0. The Morgan fingerprint density at radius 2 is 2.12 bits per heavy atom. The predicted octanol–water partition coefficient (Wildman–Crippen LogP) is 3.20. The van der Waals surface area contributed by atoms with Crippen LogP contribution in [0.3, 0.4) is 0 Å². The van der Waals surface area contributed by atoms with Crippen LogP contribution >= 0.6 is 0 Å². The van der Waals surface area contributed by atoms with Crippen molar-refractivity contribution in [1.29, 1.82) is 0 Å². The molecule has 1 fully saturated rings. The van der Waals surface area contributed by atoms with E-state index in [2.05, 4.69) is 19.2 Å². The summed E-state index contributed by atoms with van der Waals surface area (Å²) in [6.45, 7) is 4.59. The third-order valence-electron chi connectivity index (χ3n) is 4.10. The zero-order valence-electron chi connectivity index (χ0n) is 9.89. The molecular weight excluding hydrogens is 201 g/mol. The third kappa shape index (κ3) is 1.65. The van der Waals surface area contributed by atoms with Crippen molar-refractivity contribution < 1.29 is 4.39 Å². The molecule has 0 radical (unpaired) electrons. The second-order valence-corrected chi connectivity index (χ2v) is 5.85. The largest absolute Gasteiger partial charge is 0.307 e. The maximum atomic E-state index is 13.1. The first-order valence-corrected chi connectivity index (χ1v) is 6.11. The fourth-order valence-corrected chi connectivity index (χ4v) is 2.75. The zero-order valence-corrected chi connectivity index (χ0v) is 9.89. The van der Waals surface area contributed by atoms with Crippen molar-refractivity contribution in [3.05, 3.63) is 35.1 Å². The lowest BCUT2D eigenvalue weighted by Gasteiger charge is -2.15. The van der Waals surface area contributed by atoms with Gasteiger partial charge in [-0.05, 0) is 47.9 Å². The Bertz CT molecular complexity index is 425. The van der Waals surface area contributed by atoms with Gasteiger partial charge in [0.2, 0.25) is 0 Å². The summed E-state index contributed by atoms with van der Waals surface area (Å²) in [5.74, 6) is -0.105. The van der Waals surface area contributed by atoms with Crippen LogP contribution in [0.25, 0.3) is 0 Å². The molecular formula is C14H18FN. The summed E-state index contributed by atoms with van der Waals surface area (Å²) in [6, 6.07) is 6.31. The van der Waals surface area contributed by atoms with Crippen LogP contribution in [0.1, 0.15) is 43.9 Å². The number of rotatable bonds is 2. The van der Waals surface area contributed by atoms with Gasteiger partial charge in [-0.2, -0.15) is 0 Å². The number of aryl methyl sites for hydroxylation is 1. The zero-order chi connectivity index (χ0) is 11.3. The lowest BCUT2D eigenvalue weighted by molar-refractivity contribution is 0.468. The molecule has 1 aromatic carbocycles. The van der Waals surface area contributed by atoms with Crippen LogP contribution in [-0.2, 0) is 6.42 Å². The van der Waals surface area contributed by atoms with Gasteiger partial charge in [-0.1, -0.05) is 19.9 Å². The first-order chi connectivity index (χ1) is 7.56. The average Bonchev–Trinajstić information content (AvgIpc) is 2.65. The second-order valence-electron chi connectivity index (χ2n) is 5.85. The van der Waals surface area contributed by atoms with E-state index in [9.17, 15) is 4.39 Å². The highest BCUT2D eigenvalue weighted by Gasteiger charge is 2.46. The van der Waals surface area contributed by atoms with E-state index in [4.69, 9.17) is 0 Å². The molecule has 1 saturated carbocycles. The highest BCUT2D eigenvalue weighted by molar-refractivity contribution is 5.35. The van der Waals surface area contributed by atoms with E-state index in [0.29, 0.717) is 17.5 Å². The van der Waals surface area contributed by atoms with E-state index >= 15 is 0 Å². The Morgan fingerprint density at radius 3 is 2.81 bits per heavy atom. The molecule has 86 valence electrons. The van der Waals surface area contributed by atoms with Gasteiger partial charge < -0.3 is 5.32 Å². The van der Waals surface area contributed by atoms with Gasteiger partial charge in [0, 0.05) is 12.1 Å². The molecule has 2 heteroatoms. The summed E-state index contributed by atoms with van der Waals surface area (Å²) in [6.07, 6.45) is 3.39. The van der Waals surface area contributed by atoms with Gasteiger partial charge in [-0.3, -0.25) is 0 Å². The molecule has 1 nitrogen and oxygen atoms in total. The predicted molar refractivity (Wildman–Crippen MR) is 62.8 cm³/mol. The minimum atomic E-state index is -0.105. The van der Waals surface area contributed by atoms with E-state index in [0.717, 1.165) is 12.8 Å². The normalized spacial score (nSPS) is 30.2. The summed E-state index contributed by atoms with van der Waals surface area (Å²) in [7, 11) is 0. The Balaban J connectivity index is 1.77. The molecule has 2 atom stereocenters. The molecule has 16 heavy (non-hydrogen) atoms. The summed E-state index contributed by atoms with van der Waals surface area (Å²) < 4.78 is 13.1. The number of hydrogen-bond donors (Lipinski definition) is 1. The van der Waals surface area contributed by atoms with Crippen LogP contribution in [0.5, 0.6) is 0 Å². The molecule has 3 rings (SSSR count). The first-order valence-electron chi connectivity index (χ1n) is 6.11. The average molecular weight is 219 g/mol. The number of halogens is 1. The van der Waals surface area contributed by atoms with Crippen molar-refractivity contribution in [2.75, 3.05) is 0 Å². The highest BCUT2D eigenvalue weighted by Crippen LogP contribution is 2.47. The number of hydrogen-bond acceptors (Lipinski definition) is 1. The molecule has 2 aliphatic carbocycles. The van der Waals surface area contributed by atoms with E-state index < -0.39 is 0 Å². The smallest absolute Gasteiger partial charge is 0.123 e. The van der Waals surface area contributed by atoms with Crippen molar-refractivity contribution >= 4 is 0 Å². The van der Waals surface area contributed by atoms with Gasteiger partial charge in [-0.25, -0.2) is 4.39 Å². The molecule has 0 saturated heterocycles. The van der Waals surface area contributed by atoms with E-state index in [-0.39, 0.29) is 5.82 Å². The van der Waals surface area contributed by atoms with Gasteiger partial charge in [0.1, 0.15) is 5.82 Å². The summed E-state index contributed by atoms with van der Waals surface area (Å²) in [4.78, 5) is 0. The minimum Gasteiger partial charge on any atom is -0.307 e. The van der Waals surface area contributed by atoms with Gasteiger partial charge in [0.05, 0.1) is 0 Å². The molecule has 0 aliphatic heterocycles. The van der Waals surface area contributed by atoms with Gasteiger partial charge >= 0.3 is 0 Å². The van der Waals surface area contributed by atoms with E-state index in [1.54, 1.807) is 12.1 Å². The van der Waals surface area contributed by atoms with Crippen LogP contribution in [0, 0.1) is 11.2 Å².